The Morgan fingerprint density at radius 1 is 0.500 bits per heavy atom. The van der Waals surface area contributed by atoms with E-state index < -0.39 is 169 Å². The number of carbonyl (C=O) groups excluding carboxylic acids is 2. The lowest BCUT2D eigenvalue weighted by Gasteiger charge is -2.37. The largest absolute Gasteiger partial charge is 0.507 e. The van der Waals surface area contributed by atoms with Gasteiger partial charge in [-0.25, -0.2) is 9.59 Å². The third kappa shape index (κ3) is 8.19. The normalized spacial score (nSPS) is 15.2. The number of hydrogen-bond donors (Lipinski definition) is 17. The average Bonchev–Trinajstić information content (AvgIpc) is 3.25. The van der Waals surface area contributed by atoms with Crippen LogP contribution >= 0.6 is 0 Å². The summed E-state index contributed by atoms with van der Waals surface area (Å²) in [5.74, 6) is -21.2. The molecule has 66 heavy (non-hydrogen) atoms. The van der Waals surface area contributed by atoms with Crippen molar-refractivity contribution in [3.63, 3.8) is 0 Å². The van der Waals surface area contributed by atoms with Crippen molar-refractivity contribution in [3.05, 3.63) is 106 Å². The summed E-state index contributed by atoms with van der Waals surface area (Å²) in [4.78, 5) is 27.6. The van der Waals surface area contributed by atoms with Gasteiger partial charge in [-0.3, -0.25) is 0 Å². The van der Waals surface area contributed by atoms with Crippen LogP contribution in [-0.4, -0.2) is 111 Å². The molecule has 0 amide bonds. The molecule has 0 saturated carbocycles. The van der Waals surface area contributed by atoms with E-state index in [2.05, 4.69) is 0 Å². The monoisotopic (exact) mass is 916 g/mol. The number of esters is 2. The van der Waals surface area contributed by atoms with Crippen LogP contribution in [-0.2, 0) is 22.3 Å². The van der Waals surface area contributed by atoms with Gasteiger partial charge in [0.1, 0.15) is 29.5 Å². The van der Waals surface area contributed by atoms with Crippen molar-refractivity contribution in [3.8, 4) is 103 Å². The average molecular weight is 917 g/mol. The Balaban J connectivity index is 1.47. The zero-order valence-electron chi connectivity index (χ0n) is 33.2. The Bertz CT molecular complexity index is 2850. The van der Waals surface area contributed by atoms with Gasteiger partial charge in [-0.15, -0.1) is 0 Å². The predicted octanol–water partition coefficient (Wildman–Crippen LogP) is 4.18. The van der Waals surface area contributed by atoms with Crippen molar-refractivity contribution < 1.29 is 111 Å². The summed E-state index contributed by atoms with van der Waals surface area (Å²) in [5, 5.41) is 178. The van der Waals surface area contributed by atoms with E-state index in [0.29, 0.717) is 12.1 Å². The number of phenols is 17. The fourth-order valence-corrected chi connectivity index (χ4v) is 7.47. The van der Waals surface area contributed by atoms with Gasteiger partial charge >= 0.3 is 11.9 Å². The highest BCUT2D eigenvalue weighted by atomic mass is 16.6. The number of benzene rings is 6. The smallest absolute Gasteiger partial charge is 0.338 e. The number of rotatable bonds is 10. The number of ether oxygens (including phenoxy) is 3. The molecule has 22 heteroatoms. The fraction of sp³-hybridized carbons (Fsp3) is 0.136. The standard InChI is InChI=1S/C44H36O22/c45-20-13-21(46)35(42-19(20)12-33(41(66-42)16-6-26(51)38(59)27(52)7-16)65-44(63)18-10-30(55)40(61)31(56)11-18)34(15-4-24(49)37(58)25(50)5-15)32(3-14-1-22(47)36(57)23(48)2-14)64-43(62)17-8-28(53)39(60)29(54)9-17/h1-2,4-11,13,32-34,41,45-61H,3,12H2/t32-,33-,34-,41-/m1/s1. The van der Waals surface area contributed by atoms with E-state index in [1.165, 1.54) is 0 Å². The molecule has 0 fully saturated rings. The molecule has 4 atom stereocenters. The molecule has 1 aliphatic rings. The number of carbonyl (C=O) groups is 2. The molecule has 17 N–H and O–H groups in total. The SMILES string of the molecule is O=C(O[C@H](Cc1cc(O)c(O)c(O)c1)[C@@H](c1cc(O)c(O)c(O)c1)c1c(O)cc(O)c2c1O[C@H](c1cc(O)c(O)c(O)c1)[C@H](OC(=O)c1cc(O)c(O)c(O)c1)C2)c1cc(O)c(O)c(O)c1. The van der Waals surface area contributed by atoms with Crippen LogP contribution < -0.4 is 4.74 Å². The second-order valence-corrected chi connectivity index (χ2v) is 15.0. The topological polar surface area (TPSA) is 406 Å². The summed E-state index contributed by atoms with van der Waals surface area (Å²) in [7, 11) is 0. The first kappa shape index (κ1) is 44.7. The third-order valence-electron chi connectivity index (χ3n) is 10.6. The van der Waals surface area contributed by atoms with E-state index in [-0.39, 0.29) is 22.3 Å². The van der Waals surface area contributed by atoms with Crippen LogP contribution in [0.15, 0.2) is 66.7 Å². The summed E-state index contributed by atoms with van der Waals surface area (Å²) in [6.45, 7) is 0. The first-order valence-electron chi connectivity index (χ1n) is 18.9. The molecule has 0 aliphatic carbocycles. The summed E-state index contributed by atoms with van der Waals surface area (Å²) in [5.41, 5.74) is -2.70. The van der Waals surface area contributed by atoms with Crippen molar-refractivity contribution in [2.45, 2.75) is 37.1 Å². The van der Waals surface area contributed by atoms with Crippen LogP contribution in [0.4, 0.5) is 0 Å². The minimum atomic E-state index is -1.89. The Morgan fingerprint density at radius 3 is 1.38 bits per heavy atom. The minimum absolute atomic E-state index is 0.131. The zero-order chi connectivity index (χ0) is 48.2. The van der Waals surface area contributed by atoms with Crippen LogP contribution in [0.5, 0.6) is 103 Å². The molecule has 1 heterocycles. The third-order valence-corrected chi connectivity index (χ3v) is 10.6. The Labute approximate surface area is 368 Å². The zero-order valence-corrected chi connectivity index (χ0v) is 33.2. The highest BCUT2D eigenvalue weighted by Gasteiger charge is 2.43. The molecule has 0 radical (unpaired) electrons. The van der Waals surface area contributed by atoms with Gasteiger partial charge in [-0.05, 0) is 71.8 Å². The molecule has 344 valence electrons. The van der Waals surface area contributed by atoms with Crippen LogP contribution in [0.25, 0.3) is 0 Å². The maximum absolute atomic E-state index is 14.0. The highest BCUT2D eigenvalue weighted by Crippen LogP contribution is 2.54. The van der Waals surface area contributed by atoms with Crippen molar-refractivity contribution >= 4 is 11.9 Å². The predicted molar refractivity (Wildman–Crippen MR) is 218 cm³/mol. The summed E-state index contributed by atoms with van der Waals surface area (Å²) >= 11 is 0. The molecular weight excluding hydrogens is 880 g/mol. The van der Waals surface area contributed by atoms with Gasteiger partial charge in [-0.2, -0.15) is 0 Å². The molecule has 22 nitrogen and oxygen atoms in total. The molecule has 7 rings (SSSR count). The van der Waals surface area contributed by atoms with Gasteiger partial charge < -0.3 is 101 Å². The summed E-state index contributed by atoms with van der Waals surface area (Å²) in [6.07, 6.45) is -6.60. The van der Waals surface area contributed by atoms with Crippen LogP contribution in [0.2, 0.25) is 0 Å². The Kier molecular flexibility index (Phi) is 11.3. The first-order valence-corrected chi connectivity index (χ1v) is 18.9. The highest BCUT2D eigenvalue weighted by molar-refractivity contribution is 5.92. The number of hydrogen-bond acceptors (Lipinski definition) is 22. The van der Waals surface area contributed by atoms with Crippen molar-refractivity contribution in [2.75, 3.05) is 0 Å². The Hall–Kier alpha value is -9.34. The molecule has 0 unspecified atom stereocenters. The van der Waals surface area contributed by atoms with Crippen molar-refractivity contribution in [1.82, 2.24) is 0 Å². The molecule has 1 aliphatic heterocycles. The van der Waals surface area contributed by atoms with E-state index in [0.717, 1.165) is 54.6 Å². The van der Waals surface area contributed by atoms with Gasteiger partial charge in [0.25, 0.3) is 0 Å². The van der Waals surface area contributed by atoms with E-state index >= 15 is 0 Å². The fourth-order valence-electron chi connectivity index (χ4n) is 7.47. The van der Waals surface area contributed by atoms with Crippen LogP contribution in [0, 0.1) is 0 Å². The molecule has 0 spiro atoms. The second-order valence-electron chi connectivity index (χ2n) is 15.0. The van der Waals surface area contributed by atoms with Crippen molar-refractivity contribution in [2.24, 2.45) is 0 Å². The number of fused-ring (bicyclic) bond motifs is 1. The van der Waals surface area contributed by atoms with Gasteiger partial charge in [0.05, 0.1) is 17.0 Å². The van der Waals surface area contributed by atoms with E-state index in [4.69, 9.17) is 14.2 Å². The molecular formula is C44H36O22. The van der Waals surface area contributed by atoms with Gasteiger partial charge in [-0.1, -0.05) is 0 Å². The lowest BCUT2D eigenvalue weighted by molar-refractivity contribution is -0.0197. The van der Waals surface area contributed by atoms with Crippen LogP contribution in [0.1, 0.15) is 60.6 Å². The number of phenolic OH excluding ortho intramolecular Hbond substituents is 17. The molecule has 6 aromatic rings. The summed E-state index contributed by atoms with van der Waals surface area (Å²) in [6, 6.07) is 8.88. The van der Waals surface area contributed by atoms with E-state index in [1.807, 2.05) is 0 Å². The minimum Gasteiger partial charge on any atom is -0.507 e. The molecule has 0 bridgehead atoms. The van der Waals surface area contributed by atoms with Gasteiger partial charge in [0.15, 0.2) is 92.3 Å². The lowest BCUT2D eigenvalue weighted by atomic mass is 9.80. The van der Waals surface area contributed by atoms with Crippen molar-refractivity contribution in [1.29, 1.82) is 0 Å². The maximum atomic E-state index is 14.0. The Morgan fingerprint density at radius 2 is 0.909 bits per heavy atom. The van der Waals surface area contributed by atoms with Gasteiger partial charge in [0.2, 0.25) is 0 Å². The first-order chi connectivity index (χ1) is 31.0. The van der Waals surface area contributed by atoms with E-state index in [9.17, 15) is 96.4 Å². The van der Waals surface area contributed by atoms with Gasteiger partial charge in [0, 0.05) is 35.6 Å². The van der Waals surface area contributed by atoms with E-state index in [1.54, 1.807) is 0 Å². The maximum Gasteiger partial charge on any atom is 0.338 e. The molecule has 0 saturated heterocycles. The lowest BCUT2D eigenvalue weighted by Crippen LogP contribution is -2.36. The van der Waals surface area contributed by atoms with Crippen LogP contribution in [0.3, 0.4) is 0 Å². The molecule has 6 aromatic carbocycles. The number of aromatic hydroxyl groups is 17. The summed E-state index contributed by atoms with van der Waals surface area (Å²) < 4.78 is 18.0. The molecule has 0 aromatic heterocycles. The second kappa shape index (κ2) is 16.7. The quantitative estimate of drug-likeness (QED) is 0.0676.